The van der Waals surface area contributed by atoms with Crippen molar-refractivity contribution in [3.05, 3.63) is 18.0 Å². The number of nitrogens with two attached hydrogens (primary N) is 1. The van der Waals surface area contributed by atoms with E-state index in [-0.39, 0.29) is 11.4 Å². The Balaban J connectivity index is 3.01. The molecule has 0 atom stereocenters. The van der Waals surface area contributed by atoms with E-state index < -0.39 is 16.3 Å². The summed E-state index contributed by atoms with van der Waals surface area (Å²) in [7, 11) is -1.32. The van der Waals surface area contributed by atoms with Gasteiger partial charge in [-0.25, -0.2) is 4.79 Å². The van der Waals surface area contributed by atoms with Gasteiger partial charge in [-0.2, -0.15) is 13.6 Å². The zero-order chi connectivity index (χ0) is 11.6. The summed E-state index contributed by atoms with van der Waals surface area (Å²) in [6.45, 7) is 0. The van der Waals surface area contributed by atoms with E-state index in [9.17, 15) is 13.2 Å². The van der Waals surface area contributed by atoms with Gasteiger partial charge in [-0.3, -0.25) is 0 Å². The molecule has 2 N–H and O–H groups in total. The Morgan fingerprint density at radius 3 is 2.60 bits per heavy atom. The van der Waals surface area contributed by atoms with Crippen LogP contribution in [0.2, 0.25) is 0 Å². The quantitative estimate of drug-likeness (QED) is 0.703. The van der Waals surface area contributed by atoms with Crippen LogP contribution in [0.25, 0.3) is 0 Å². The Kier molecular flexibility index (Phi) is 3.01. The first-order valence-electron chi connectivity index (χ1n) is 3.80. The Morgan fingerprint density at radius 2 is 2.13 bits per heavy atom. The molecule has 0 radical (unpaired) electrons. The summed E-state index contributed by atoms with van der Waals surface area (Å²) >= 11 is 0. The highest BCUT2D eigenvalue weighted by Gasteiger charge is 2.15. The smallest absolute Gasteiger partial charge is 0.380 e. The molecular weight excluding hydrogens is 224 g/mol. The second kappa shape index (κ2) is 3.91. The third-order valence-corrected chi connectivity index (χ3v) is 2.01. The largest absolute Gasteiger partial charge is 0.464 e. The maximum atomic E-state index is 11.1. The predicted molar refractivity (Wildman–Crippen MR) is 50.5 cm³/mol. The van der Waals surface area contributed by atoms with Crippen LogP contribution >= 0.6 is 0 Å². The Labute approximate surface area is 86.6 Å². The maximum Gasteiger partial charge on any atom is 0.380 e. The highest BCUT2D eigenvalue weighted by Crippen LogP contribution is 2.16. The average Bonchev–Trinajstić information content (AvgIpc) is 2.42. The molecule has 0 unspecified atom stereocenters. The molecule has 84 valence electrons. The van der Waals surface area contributed by atoms with Crippen LogP contribution in [0.15, 0.2) is 12.3 Å². The molecule has 0 aliphatic rings. The number of aromatic nitrogens is 1. The molecule has 0 fully saturated rings. The van der Waals surface area contributed by atoms with Crippen molar-refractivity contribution < 1.29 is 22.1 Å². The normalized spacial score (nSPS) is 11.1. The molecule has 0 amide bonds. The third kappa shape index (κ3) is 2.96. The van der Waals surface area contributed by atoms with Gasteiger partial charge in [-0.1, -0.05) is 0 Å². The van der Waals surface area contributed by atoms with Gasteiger partial charge < -0.3 is 13.5 Å². The van der Waals surface area contributed by atoms with E-state index in [1.165, 1.54) is 23.9 Å². The summed E-state index contributed by atoms with van der Waals surface area (Å²) in [5.41, 5.74) is 0.163. The molecule has 0 aliphatic carbocycles. The van der Waals surface area contributed by atoms with Crippen molar-refractivity contribution in [1.29, 1.82) is 0 Å². The topological polar surface area (TPSA) is 101 Å². The number of carbonyl (C=O) groups excluding carboxylic acids is 1. The van der Waals surface area contributed by atoms with Gasteiger partial charge in [0.15, 0.2) is 5.75 Å². The fourth-order valence-electron chi connectivity index (χ4n) is 1.02. The van der Waals surface area contributed by atoms with Gasteiger partial charge in [0, 0.05) is 19.3 Å². The van der Waals surface area contributed by atoms with Gasteiger partial charge in [0.1, 0.15) is 5.69 Å². The van der Waals surface area contributed by atoms with E-state index >= 15 is 0 Å². The molecule has 0 aliphatic heterocycles. The molecule has 0 spiro atoms. The lowest BCUT2D eigenvalue weighted by Crippen LogP contribution is -2.18. The lowest BCUT2D eigenvalue weighted by atomic mass is 10.4. The average molecular weight is 234 g/mol. The summed E-state index contributed by atoms with van der Waals surface area (Å²) in [5.74, 6) is -0.637. The Morgan fingerprint density at radius 1 is 1.53 bits per heavy atom. The highest BCUT2D eigenvalue weighted by molar-refractivity contribution is 7.84. The molecule has 0 bridgehead atoms. The lowest BCUT2D eigenvalue weighted by molar-refractivity contribution is 0.0590. The van der Waals surface area contributed by atoms with Crippen LogP contribution in [0.5, 0.6) is 5.75 Å². The number of carbonyl (C=O) groups is 1. The second-order valence-electron chi connectivity index (χ2n) is 2.74. The first kappa shape index (κ1) is 11.5. The molecule has 1 aromatic rings. The standard InChI is InChI=1S/C7H10N2O5S/c1-9-4-5(14-15(8,11)12)3-6(9)7(10)13-2/h3-4H,1-2H3,(H2,8,11,12). The van der Waals surface area contributed by atoms with E-state index in [4.69, 9.17) is 0 Å². The van der Waals surface area contributed by atoms with Crippen LogP contribution in [0.1, 0.15) is 10.5 Å². The zero-order valence-corrected chi connectivity index (χ0v) is 8.95. The molecule has 0 saturated carbocycles. The summed E-state index contributed by atoms with van der Waals surface area (Å²) in [4.78, 5) is 11.1. The number of aryl methyl sites for hydroxylation is 1. The van der Waals surface area contributed by atoms with Crippen molar-refractivity contribution in [3.8, 4) is 5.75 Å². The monoisotopic (exact) mass is 234 g/mol. The Bertz CT molecular complexity index is 476. The van der Waals surface area contributed by atoms with E-state index in [0.29, 0.717) is 0 Å². The fraction of sp³-hybridized carbons (Fsp3) is 0.286. The van der Waals surface area contributed by atoms with Crippen molar-refractivity contribution in [2.24, 2.45) is 12.2 Å². The van der Waals surface area contributed by atoms with E-state index in [2.05, 4.69) is 14.1 Å². The van der Waals surface area contributed by atoms with Crippen LogP contribution in [-0.4, -0.2) is 26.1 Å². The summed E-state index contributed by atoms with van der Waals surface area (Å²) in [6.07, 6.45) is 1.30. The number of rotatable bonds is 3. The van der Waals surface area contributed by atoms with Crippen LogP contribution in [0, 0.1) is 0 Å². The van der Waals surface area contributed by atoms with Crippen LogP contribution in [0.3, 0.4) is 0 Å². The highest BCUT2D eigenvalue weighted by atomic mass is 32.2. The molecule has 1 heterocycles. The molecule has 0 saturated heterocycles. The van der Waals surface area contributed by atoms with Gasteiger partial charge in [0.05, 0.1) is 7.11 Å². The minimum Gasteiger partial charge on any atom is -0.464 e. The summed E-state index contributed by atoms with van der Waals surface area (Å²) < 4.78 is 31.4. The zero-order valence-electron chi connectivity index (χ0n) is 8.13. The van der Waals surface area contributed by atoms with Crippen molar-refractivity contribution in [3.63, 3.8) is 0 Å². The van der Waals surface area contributed by atoms with Crippen molar-refractivity contribution >= 4 is 16.3 Å². The molecule has 1 rings (SSSR count). The number of hydrogen-bond acceptors (Lipinski definition) is 5. The molecule has 0 aromatic carbocycles. The fourth-order valence-corrected chi connectivity index (χ4v) is 1.38. The van der Waals surface area contributed by atoms with Gasteiger partial charge in [-0.15, -0.1) is 0 Å². The maximum absolute atomic E-state index is 11.1. The van der Waals surface area contributed by atoms with Crippen molar-refractivity contribution in [2.45, 2.75) is 0 Å². The van der Waals surface area contributed by atoms with Crippen molar-refractivity contribution in [1.82, 2.24) is 4.57 Å². The van der Waals surface area contributed by atoms with Gasteiger partial charge in [0.2, 0.25) is 0 Å². The lowest BCUT2D eigenvalue weighted by Gasteiger charge is -1.97. The van der Waals surface area contributed by atoms with Crippen LogP contribution in [-0.2, 0) is 22.1 Å². The van der Waals surface area contributed by atoms with Gasteiger partial charge >= 0.3 is 16.3 Å². The third-order valence-electron chi connectivity index (χ3n) is 1.59. The Hall–Kier alpha value is -1.54. The first-order valence-corrected chi connectivity index (χ1v) is 5.27. The molecule has 8 heteroatoms. The van der Waals surface area contributed by atoms with E-state index in [1.807, 2.05) is 0 Å². The first-order chi connectivity index (χ1) is 6.83. The number of esters is 1. The summed E-state index contributed by atoms with van der Waals surface area (Å²) in [5, 5.41) is 4.66. The van der Waals surface area contributed by atoms with E-state index in [1.54, 1.807) is 7.05 Å². The number of ether oxygens (including phenoxy) is 1. The van der Waals surface area contributed by atoms with Gasteiger partial charge in [-0.05, 0) is 0 Å². The molecule has 1 aromatic heterocycles. The predicted octanol–water partition coefficient (Wildman–Crippen LogP) is -0.606. The number of hydrogen-bond donors (Lipinski definition) is 1. The molecule has 7 nitrogen and oxygen atoms in total. The number of nitrogens with zero attached hydrogens (tertiary/aromatic N) is 1. The summed E-state index contributed by atoms with van der Waals surface area (Å²) in [6, 6.07) is 1.22. The van der Waals surface area contributed by atoms with Crippen molar-refractivity contribution in [2.75, 3.05) is 7.11 Å². The molecule has 15 heavy (non-hydrogen) atoms. The molecular formula is C7H10N2O5S. The second-order valence-corrected chi connectivity index (χ2v) is 3.89. The van der Waals surface area contributed by atoms with Crippen LogP contribution in [0.4, 0.5) is 0 Å². The van der Waals surface area contributed by atoms with E-state index in [0.717, 1.165) is 0 Å². The van der Waals surface area contributed by atoms with Crippen LogP contribution < -0.4 is 9.32 Å². The number of methoxy groups -OCH3 is 1. The minimum atomic E-state index is -4.08. The van der Waals surface area contributed by atoms with Gasteiger partial charge in [0.25, 0.3) is 0 Å². The SMILES string of the molecule is COC(=O)c1cc(OS(N)(=O)=O)cn1C. The minimum absolute atomic E-state index is 0.0413.